The lowest BCUT2D eigenvalue weighted by molar-refractivity contribution is -0.141. The van der Waals surface area contributed by atoms with Gasteiger partial charge in [0.15, 0.2) is 0 Å². The second-order valence-corrected chi connectivity index (χ2v) is 8.03. The van der Waals surface area contributed by atoms with Gasteiger partial charge in [0.25, 0.3) is 5.91 Å². The second-order valence-electron chi connectivity index (χ2n) is 8.03. The minimum atomic E-state index is -4.65. The summed E-state index contributed by atoms with van der Waals surface area (Å²) >= 11 is 0. The van der Waals surface area contributed by atoms with Crippen molar-refractivity contribution in [1.29, 1.82) is 0 Å². The van der Waals surface area contributed by atoms with Crippen molar-refractivity contribution < 1.29 is 27.8 Å². The number of hydrogen-bond donors (Lipinski definition) is 2. The summed E-state index contributed by atoms with van der Waals surface area (Å²) in [7, 11) is 0. The maximum atomic E-state index is 12.9. The van der Waals surface area contributed by atoms with E-state index in [0.29, 0.717) is 36.5 Å². The molecule has 0 radical (unpaired) electrons. The zero-order valence-electron chi connectivity index (χ0n) is 18.2. The first-order valence-corrected chi connectivity index (χ1v) is 10.1. The minimum Gasteiger partial charge on any atom is -0.492 e. The van der Waals surface area contributed by atoms with Crippen LogP contribution in [0.2, 0.25) is 0 Å². The number of carbonyl (C=O) groups excluding carboxylic acids is 1. The fourth-order valence-electron chi connectivity index (χ4n) is 3.16. The van der Waals surface area contributed by atoms with Gasteiger partial charge in [-0.3, -0.25) is 9.48 Å². The predicted octanol–water partition coefficient (Wildman–Crippen LogP) is 4.57. The van der Waals surface area contributed by atoms with Crippen LogP contribution in [-0.4, -0.2) is 38.0 Å². The predicted molar refractivity (Wildman–Crippen MR) is 114 cm³/mol. The molecule has 0 bridgehead atoms. The van der Waals surface area contributed by atoms with E-state index >= 15 is 0 Å². The summed E-state index contributed by atoms with van der Waals surface area (Å²) in [5.41, 5.74) is -0.599. The topological polar surface area (TPSA) is 89.3 Å². The van der Waals surface area contributed by atoms with Gasteiger partial charge in [-0.15, -0.1) is 0 Å². The molecule has 0 aliphatic carbocycles. The van der Waals surface area contributed by atoms with Crippen LogP contribution < -0.4 is 10.1 Å². The van der Waals surface area contributed by atoms with Gasteiger partial charge in [0.05, 0.1) is 23.4 Å². The highest BCUT2D eigenvalue weighted by molar-refractivity contribution is 6.05. The Bertz CT molecular complexity index is 1130. The molecule has 7 nitrogen and oxygen atoms in total. The van der Waals surface area contributed by atoms with E-state index in [1.165, 1.54) is 6.07 Å². The van der Waals surface area contributed by atoms with E-state index in [0.717, 1.165) is 23.2 Å². The van der Waals surface area contributed by atoms with Crippen LogP contribution in [0.15, 0.2) is 30.3 Å². The number of amides is 1. The van der Waals surface area contributed by atoms with Gasteiger partial charge in [-0.1, -0.05) is 6.07 Å². The van der Waals surface area contributed by atoms with Crippen LogP contribution in [0.25, 0.3) is 10.9 Å². The number of aromatic nitrogens is 3. The average molecular weight is 450 g/mol. The van der Waals surface area contributed by atoms with Crippen LogP contribution in [0.1, 0.15) is 49.1 Å². The summed E-state index contributed by atoms with van der Waals surface area (Å²) in [6.07, 6.45) is -4.16. The van der Waals surface area contributed by atoms with Gasteiger partial charge in [-0.05, 0) is 52.3 Å². The number of halogens is 3. The Morgan fingerprint density at radius 3 is 2.59 bits per heavy atom. The number of fused-ring (bicyclic) bond motifs is 1. The third-order valence-corrected chi connectivity index (χ3v) is 4.86. The van der Waals surface area contributed by atoms with Gasteiger partial charge in [0, 0.05) is 23.7 Å². The number of anilines is 1. The van der Waals surface area contributed by atoms with Gasteiger partial charge in [-0.25, -0.2) is 4.98 Å². The smallest absolute Gasteiger partial charge is 0.433 e. The van der Waals surface area contributed by atoms with Crippen molar-refractivity contribution in [3.8, 4) is 5.75 Å². The summed E-state index contributed by atoms with van der Waals surface area (Å²) in [5, 5.41) is 17.9. The van der Waals surface area contributed by atoms with Crippen LogP contribution >= 0.6 is 0 Å². The second kappa shape index (κ2) is 8.78. The first-order valence-electron chi connectivity index (χ1n) is 10.1. The van der Waals surface area contributed by atoms with Gasteiger partial charge in [0.1, 0.15) is 17.1 Å². The Morgan fingerprint density at radius 1 is 1.25 bits per heavy atom. The standard InChI is InChI=1S/C22H25F3N4O3/c1-5-32-18-12-16-14(13(2)29(28-16)10-9-21(3,4)31)11-17(18)27-20(30)15-7-6-8-19(26-15)22(23,24)25/h6-8,11-12,31H,5,9-10H2,1-4H3,(H,27,30). The number of hydrogen-bond acceptors (Lipinski definition) is 5. The summed E-state index contributed by atoms with van der Waals surface area (Å²) in [6, 6.07) is 6.49. The van der Waals surface area contributed by atoms with Crippen molar-refractivity contribution in [2.75, 3.05) is 11.9 Å². The van der Waals surface area contributed by atoms with Crippen molar-refractivity contribution in [2.24, 2.45) is 0 Å². The van der Waals surface area contributed by atoms with Crippen molar-refractivity contribution in [3.05, 3.63) is 47.4 Å². The number of rotatable bonds is 7. The van der Waals surface area contributed by atoms with E-state index in [2.05, 4.69) is 15.4 Å². The third kappa shape index (κ3) is 5.37. The minimum absolute atomic E-state index is 0.300. The molecule has 172 valence electrons. The molecule has 10 heteroatoms. The van der Waals surface area contributed by atoms with E-state index < -0.39 is 23.4 Å². The zero-order valence-corrected chi connectivity index (χ0v) is 18.2. The van der Waals surface area contributed by atoms with Crippen molar-refractivity contribution in [2.45, 2.75) is 52.4 Å². The Kier molecular flexibility index (Phi) is 6.45. The maximum absolute atomic E-state index is 12.9. The lowest BCUT2D eigenvalue weighted by Crippen LogP contribution is -2.21. The zero-order chi connectivity index (χ0) is 23.7. The Morgan fingerprint density at radius 2 is 1.97 bits per heavy atom. The number of benzene rings is 1. The molecule has 1 amide bonds. The Balaban J connectivity index is 1.95. The number of pyridine rings is 1. The summed E-state index contributed by atoms with van der Waals surface area (Å²) in [5.74, 6) is -0.448. The van der Waals surface area contributed by atoms with Gasteiger partial charge < -0.3 is 15.2 Å². The van der Waals surface area contributed by atoms with Crippen LogP contribution in [-0.2, 0) is 12.7 Å². The number of nitrogens with zero attached hydrogens (tertiary/aromatic N) is 3. The van der Waals surface area contributed by atoms with Crippen molar-refractivity contribution in [1.82, 2.24) is 14.8 Å². The average Bonchev–Trinajstić information content (AvgIpc) is 3.00. The Hall–Kier alpha value is -3.14. The molecule has 0 saturated carbocycles. The normalized spacial score (nSPS) is 12.2. The monoisotopic (exact) mass is 450 g/mol. The third-order valence-electron chi connectivity index (χ3n) is 4.86. The van der Waals surface area contributed by atoms with Crippen LogP contribution in [0.3, 0.4) is 0 Å². The summed E-state index contributed by atoms with van der Waals surface area (Å²) < 4.78 is 46.2. The van der Waals surface area contributed by atoms with Gasteiger partial charge in [0.2, 0.25) is 0 Å². The van der Waals surface area contributed by atoms with Crippen molar-refractivity contribution >= 4 is 22.5 Å². The molecule has 2 heterocycles. The number of alkyl halides is 3. The molecular weight excluding hydrogens is 425 g/mol. The van der Waals surface area contributed by atoms with E-state index in [4.69, 9.17) is 4.74 Å². The number of aliphatic hydroxyl groups is 1. The van der Waals surface area contributed by atoms with E-state index in [1.54, 1.807) is 37.6 Å². The van der Waals surface area contributed by atoms with Crippen LogP contribution in [0.5, 0.6) is 5.75 Å². The molecule has 3 aromatic rings. The number of ether oxygens (including phenoxy) is 1. The van der Waals surface area contributed by atoms with E-state index in [-0.39, 0.29) is 5.69 Å². The molecule has 32 heavy (non-hydrogen) atoms. The fraction of sp³-hybridized carbons (Fsp3) is 0.409. The molecule has 1 aromatic carbocycles. The maximum Gasteiger partial charge on any atom is 0.433 e. The van der Waals surface area contributed by atoms with Gasteiger partial charge in [-0.2, -0.15) is 18.3 Å². The molecule has 0 atom stereocenters. The lowest BCUT2D eigenvalue weighted by atomic mass is 10.1. The number of nitrogens with one attached hydrogen (secondary N) is 1. The molecule has 3 rings (SSSR count). The van der Waals surface area contributed by atoms with Crippen LogP contribution in [0, 0.1) is 6.92 Å². The highest BCUT2D eigenvalue weighted by Crippen LogP contribution is 2.33. The van der Waals surface area contributed by atoms with Crippen molar-refractivity contribution in [3.63, 3.8) is 0 Å². The molecule has 0 aliphatic rings. The lowest BCUT2D eigenvalue weighted by Gasteiger charge is -2.17. The molecule has 2 N–H and O–H groups in total. The number of carbonyl (C=O) groups is 1. The van der Waals surface area contributed by atoms with E-state index in [9.17, 15) is 23.1 Å². The molecule has 0 saturated heterocycles. The summed E-state index contributed by atoms with van der Waals surface area (Å²) in [4.78, 5) is 16.1. The highest BCUT2D eigenvalue weighted by atomic mass is 19.4. The quantitative estimate of drug-likeness (QED) is 0.551. The molecule has 0 unspecified atom stereocenters. The Labute approximate surface area is 183 Å². The summed E-state index contributed by atoms with van der Waals surface area (Å²) in [6.45, 7) is 7.87. The van der Waals surface area contributed by atoms with Crippen LogP contribution in [0.4, 0.5) is 18.9 Å². The van der Waals surface area contributed by atoms with E-state index in [1.807, 2.05) is 6.92 Å². The molecular formula is C22H25F3N4O3. The molecule has 0 spiro atoms. The SMILES string of the molecule is CCOc1cc2nn(CCC(C)(C)O)c(C)c2cc1NC(=O)c1cccc(C(F)(F)F)n1. The fourth-order valence-corrected chi connectivity index (χ4v) is 3.16. The largest absolute Gasteiger partial charge is 0.492 e. The first kappa shape index (κ1) is 23.5. The van der Waals surface area contributed by atoms with Gasteiger partial charge >= 0.3 is 6.18 Å². The number of aryl methyl sites for hydroxylation is 2. The first-order chi connectivity index (χ1) is 14.9. The molecule has 0 aliphatic heterocycles. The molecule has 0 fully saturated rings. The highest BCUT2D eigenvalue weighted by Gasteiger charge is 2.33. The molecule has 2 aromatic heterocycles.